The van der Waals surface area contributed by atoms with Crippen molar-refractivity contribution in [3.05, 3.63) is 12.7 Å². The summed E-state index contributed by atoms with van der Waals surface area (Å²) in [6.45, 7) is 6.49. The van der Waals surface area contributed by atoms with E-state index in [9.17, 15) is 4.79 Å². The molecule has 0 radical (unpaired) electrons. The van der Waals surface area contributed by atoms with Gasteiger partial charge in [-0.1, -0.05) is 13.0 Å². The Morgan fingerprint density at radius 2 is 2.43 bits per heavy atom. The average molecular weight is 194 g/mol. The summed E-state index contributed by atoms with van der Waals surface area (Å²) in [4.78, 5) is 11.3. The third-order valence-corrected chi connectivity index (χ3v) is 1.80. The fraction of sp³-hybridized carbons (Fsp3) is 0.545. The van der Waals surface area contributed by atoms with Gasteiger partial charge in [0.05, 0.1) is 6.54 Å². The van der Waals surface area contributed by atoms with Crippen molar-refractivity contribution in [3.8, 4) is 12.3 Å². The molecule has 3 nitrogen and oxygen atoms in total. The van der Waals surface area contributed by atoms with Crippen molar-refractivity contribution in [2.45, 2.75) is 25.8 Å². The van der Waals surface area contributed by atoms with Crippen molar-refractivity contribution in [1.29, 1.82) is 0 Å². The van der Waals surface area contributed by atoms with E-state index in [2.05, 4.69) is 23.1 Å². The number of amides is 1. The van der Waals surface area contributed by atoms with E-state index in [1.807, 2.05) is 6.92 Å². The number of carbonyl (C=O) groups is 1. The molecule has 0 aromatic heterocycles. The van der Waals surface area contributed by atoms with Gasteiger partial charge in [0.1, 0.15) is 0 Å². The van der Waals surface area contributed by atoms with E-state index in [1.165, 1.54) is 0 Å². The molecule has 0 saturated carbocycles. The monoisotopic (exact) mass is 194 g/mol. The standard InChI is InChI=1S/C11H18N2O/c1-4-7-10(6-3)13-11(14)9-12-8-5-2/h1,5,10,12H,2,6-9H2,3H3,(H,13,14). The molecule has 1 amide bonds. The fourth-order valence-electron chi connectivity index (χ4n) is 1.01. The Bertz CT molecular complexity index is 218. The summed E-state index contributed by atoms with van der Waals surface area (Å²) in [6.07, 6.45) is 8.33. The quantitative estimate of drug-likeness (QED) is 0.355. The molecule has 14 heavy (non-hydrogen) atoms. The first-order chi connectivity index (χ1) is 6.74. The van der Waals surface area contributed by atoms with Crippen LogP contribution in [0, 0.1) is 12.3 Å². The minimum Gasteiger partial charge on any atom is -0.351 e. The van der Waals surface area contributed by atoms with E-state index < -0.39 is 0 Å². The lowest BCUT2D eigenvalue weighted by atomic mass is 10.1. The summed E-state index contributed by atoms with van der Waals surface area (Å²) in [7, 11) is 0. The van der Waals surface area contributed by atoms with E-state index in [-0.39, 0.29) is 11.9 Å². The molecular formula is C11H18N2O. The van der Waals surface area contributed by atoms with E-state index in [0.29, 0.717) is 19.5 Å². The molecular weight excluding hydrogens is 176 g/mol. The van der Waals surface area contributed by atoms with Crippen LogP contribution in [0.1, 0.15) is 19.8 Å². The van der Waals surface area contributed by atoms with Gasteiger partial charge in [-0.05, 0) is 6.42 Å². The highest BCUT2D eigenvalue weighted by molar-refractivity contribution is 5.78. The summed E-state index contributed by atoms with van der Waals surface area (Å²) in [5.74, 6) is 2.52. The van der Waals surface area contributed by atoms with Gasteiger partial charge in [-0.2, -0.15) is 0 Å². The Labute approximate surface area is 86.0 Å². The SMILES string of the molecule is C#CCC(CC)NC(=O)CNCC=C. The molecule has 0 bridgehead atoms. The van der Waals surface area contributed by atoms with Crippen LogP contribution in [0.3, 0.4) is 0 Å². The van der Waals surface area contributed by atoms with Crippen molar-refractivity contribution in [2.24, 2.45) is 0 Å². The van der Waals surface area contributed by atoms with Crippen molar-refractivity contribution in [1.82, 2.24) is 10.6 Å². The van der Waals surface area contributed by atoms with Crippen molar-refractivity contribution in [3.63, 3.8) is 0 Å². The Morgan fingerprint density at radius 3 is 2.93 bits per heavy atom. The lowest BCUT2D eigenvalue weighted by molar-refractivity contribution is -0.120. The van der Waals surface area contributed by atoms with Crippen LogP contribution in [-0.4, -0.2) is 25.0 Å². The Kier molecular flexibility index (Phi) is 7.58. The molecule has 1 unspecified atom stereocenters. The van der Waals surface area contributed by atoms with Gasteiger partial charge in [0.25, 0.3) is 0 Å². The van der Waals surface area contributed by atoms with E-state index in [0.717, 1.165) is 6.42 Å². The highest BCUT2D eigenvalue weighted by Crippen LogP contribution is 1.94. The number of rotatable bonds is 7. The molecule has 0 aliphatic rings. The molecule has 0 aliphatic heterocycles. The first-order valence-corrected chi connectivity index (χ1v) is 4.79. The second-order valence-electron chi connectivity index (χ2n) is 3.00. The molecule has 1 atom stereocenters. The molecule has 0 fully saturated rings. The molecule has 2 N–H and O–H groups in total. The molecule has 0 aromatic carbocycles. The van der Waals surface area contributed by atoms with Crippen molar-refractivity contribution >= 4 is 5.91 Å². The molecule has 0 aliphatic carbocycles. The lowest BCUT2D eigenvalue weighted by Gasteiger charge is -2.13. The number of hydrogen-bond donors (Lipinski definition) is 2. The van der Waals surface area contributed by atoms with Crippen LogP contribution in [0.2, 0.25) is 0 Å². The summed E-state index contributed by atoms with van der Waals surface area (Å²) < 4.78 is 0. The minimum absolute atomic E-state index is 0.0195. The highest BCUT2D eigenvalue weighted by atomic mass is 16.1. The van der Waals surface area contributed by atoms with Gasteiger partial charge in [0, 0.05) is 19.0 Å². The third kappa shape index (κ3) is 6.27. The second kappa shape index (κ2) is 8.33. The third-order valence-electron chi connectivity index (χ3n) is 1.80. The summed E-state index contributed by atoms with van der Waals surface area (Å²) in [6, 6.07) is 0.0954. The first kappa shape index (κ1) is 12.7. The second-order valence-corrected chi connectivity index (χ2v) is 3.00. The van der Waals surface area contributed by atoms with Gasteiger partial charge in [-0.15, -0.1) is 18.9 Å². The maximum Gasteiger partial charge on any atom is 0.234 e. The molecule has 0 rings (SSSR count). The van der Waals surface area contributed by atoms with Crippen LogP contribution in [0.5, 0.6) is 0 Å². The maximum absolute atomic E-state index is 11.3. The topological polar surface area (TPSA) is 41.1 Å². The van der Waals surface area contributed by atoms with Gasteiger partial charge in [0.15, 0.2) is 0 Å². The normalized spacial score (nSPS) is 11.4. The predicted octanol–water partition coefficient (Wildman–Crippen LogP) is 0.680. The van der Waals surface area contributed by atoms with Gasteiger partial charge < -0.3 is 10.6 Å². The van der Waals surface area contributed by atoms with Gasteiger partial charge in [-0.3, -0.25) is 4.79 Å². The van der Waals surface area contributed by atoms with E-state index >= 15 is 0 Å². The zero-order valence-corrected chi connectivity index (χ0v) is 8.68. The number of carbonyl (C=O) groups excluding carboxylic acids is 1. The van der Waals surface area contributed by atoms with Gasteiger partial charge in [-0.25, -0.2) is 0 Å². The number of hydrogen-bond acceptors (Lipinski definition) is 2. The van der Waals surface area contributed by atoms with Gasteiger partial charge in [0.2, 0.25) is 5.91 Å². The molecule has 0 spiro atoms. The zero-order valence-electron chi connectivity index (χ0n) is 8.68. The molecule has 0 saturated heterocycles. The first-order valence-electron chi connectivity index (χ1n) is 4.79. The van der Waals surface area contributed by atoms with E-state index in [1.54, 1.807) is 6.08 Å². The van der Waals surface area contributed by atoms with Crippen LogP contribution < -0.4 is 10.6 Å². The zero-order chi connectivity index (χ0) is 10.8. The van der Waals surface area contributed by atoms with Crippen LogP contribution in [0.25, 0.3) is 0 Å². The molecule has 3 heteroatoms. The van der Waals surface area contributed by atoms with Crippen molar-refractivity contribution in [2.75, 3.05) is 13.1 Å². The minimum atomic E-state index is -0.0195. The number of nitrogens with one attached hydrogen (secondary N) is 2. The van der Waals surface area contributed by atoms with Gasteiger partial charge >= 0.3 is 0 Å². The number of terminal acetylenes is 1. The maximum atomic E-state index is 11.3. The van der Waals surface area contributed by atoms with Crippen LogP contribution >= 0.6 is 0 Å². The largest absolute Gasteiger partial charge is 0.351 e. The Morgan fingerprint density at radius 1 is 1.71 bits per heavy atom. The summed E-state index contributed by atoms with van der Waals surface area (Å²) >= 11 is 0. The fourth-order valence-corrected chi connectivity index (χ4v) is 1.01. The highest BCUT2D eigenvalue weighted by Gasteiger charge is 2.07. The predicted molar refractivity (Wildman–Crippen MR) is 58.7 cm³/mol. The molecule has 0 aromatic rings. The van der Waals surface area contributed by atoms with Crippen LogP contribution in [0.4, 0.5) is 0 Å². The summed E-state index contributed by atoms with van der Waals surface area (Å²) in [5.41, 5.74) is 0. The Hall–Kier alpha value is -1.27. The lowest BCUT2D eigenvalue weighted by Crippen LogP contribution is -2.40. The smallest absolute Gasteiger partial charge is 0.234 e. The molecule has 78 valence electrons. The summed E-state index contributed by atoms with van der Waals surface area (Å²) in [5, 5.41) is 5.77. The molecule has 0 heterocycles. The van der Waals surface area contributed by atoms with Crippen LogP contribution in [0.15, 0.2) is 12.7 Å². The van der Waals surface area contributed by atoms with Crippen molar-refractivity contribution < 1.29 is 4.79 Å². The Balaban J connectivity index is 3.68. The van der Waals surface area contributed by atoms with E-state index in [4.69, 9.17) is 6.42 Å². The average Bonchev–Trinajstić information content (AvgIpc) is 2.17. The van der Waals surface area contributed by atoms with Crippen LogP contribution in [-0.2, 0) is 4.79 Å².